The topological polar surface area (TPSA) is 115 Å². The molecule has 0 saturated carbocycles. The van der Waals surface area contributed by atoms with Crippen LogP contribution in [0.15, 0.2) is 67.0 Å². The van der Waals surface area contributed by atoms with Crippen LogP contribution in [0.5, 0.6) is 0 Å². The Kier molecular flexibility index (Phi) is 8.21. The summed E-state index contributed by atoms with van der Waals surface area (Å²) in [5.41, 5.74) is 6.98. The molecule has 4 aromatic rings. The molecule has 2 heterocycles. The summed E-state index contributed by atoms with van der Waals surface area (Å²) >= 11 is 0. The summed E-state index contributed by atoms with van der Waals surface area (Å²) in [4.78, 5) is 23.2. The van der Waals surface area contributed by atoms with Gasteiger partial charge in [-0.2, -0.15) is 0 Å². The molecule has 2 aromatic heterocycles. The maximum Gasteiger partial charge on any atom is 0.243 e. The van der Waals surface area contributed by atoms with Crippen LogP contribution in [0.3, 0.4) is 0 Å². The lowest BCUT2D eigenvalue weighted by Crippen LogP contribution is -2.18. The lowest BCUT2D eigenvalue weighted by atomic mass is 10.1. The number of nitrogens with zero attached hydrogens (tertiary/aromatic N) is 2. The van der Waals surface area contributed by atoms with Crippen molar-refractivity contribution in [2.75, 3.05) is 11.9 Å². The lowest BCUT2D eigenvalue weighted by Gasteiger charge is -2.06. The van der Waals surface area contributed by atoms with Crippen LogP contribution in [0.4, 0.5) is 5.82 Å². The van der Waals surface area contributed by atoms with Crippen LogP contribution in [0.1, 0.15) is 36.8 Å². The van der Waals surface area contributed by atoms with E-state index in [9.17, 15) is 4.79 Å². The maximum absolute atomic E-state index is 11.0. The minimum atomic E-state index is -0.324. The molecule has 0 radical (unpaired) electrons. The molecule has 0 bridgehead atoms. The van der Waals surface area contributed by atoms with Crippen molar-refractivity contribution >= 4 is 22.8 Å². The largest absolute Gasteiger partial charge is 0.365 e. The molecule has 34 heavy (non-hydrogen) atoms. The summed E-state index contributed by atoms with van der Waals surface area (Å²) in [6.45, 7) is 2.39. The van der Waals surface area contributed by atoms with Gasteiger partial charge in [0.2, 0.25) is 5.91 Å². The fourth-order valence-corrected chi connectivity index (χ4v) is 3.82. The monoisotopic (exact) mass is 458 g/mol. The van der Waals surface area contributed by atoms with Crippen molar-refractivity contribution < 1.29 is 10.0 Å². The van der Waals surface area contributed by atoms with Crippen molar-refractivity contribution in [3.63, 3.8) is 0 Å². The number of aromatic nitrogens is 3. The Bertz CT molecular complexity index is 1190. The first-order valence-corrected chi connectivity index (χ1v) is 11.6. The van der Waals surface area contributed by atoms with Crippen molar-refractivity contribution in [3.05, 3.63) is 78.1 Å². The van der Waals surface area contributed by atoms with Gasteiger partial charge in [0.15, 0.2) is 0 Å². The number of unbranched alkanes of at least 4 members (excludes halogenated alkanes) is 2. The molecule has 0 aliphatic rings. The molecule has 8 nitrogen and oxygen atoms in total. The van der Waals surface area contributed by atoms with Gasteiger partial charge in [0.05, 0.1) is 5.39 Å². The molecule has 2 aromatic carbocycles. The zero-order valence-corrected chi connectivity index (χ0v) is 19.1. The number of fused-ring (bicyclic) bond motifs is 1. The molecule has 0 spiro atoms. The normalized spacial score (nSPS) is 11.0. The minimum absolute atomic E-state index is 0.324. The molecular weight excluding hydrogens is 428 g/mol. The number of amides is 1. The van der Waals surface area contributed by atoms with Gasteiger partial charge in [-0.05, 0) is 42.1 Å². The van der Waals surface area contributed by atoms with E-state index in [1.165, 1.54) is 11.1 Å². The highest BCUT2D eigenvalue weighted by Crippen LogP contribution is 2.27. The summed E-state index contributed by atoms with van der Waals surface area (Å²) < 4.78 is 0. The molecule has 5 N–H and O–H groups in total. The van der Waals surface area contributed by atoms with Gasteiger partial charge in [0.1, 0.15) is 17.8 Å². The number of hydroxylamine groups is 1. The van der Waals surface area contributed by atoms with Crippen LogP contribution in [-0.4, -0.2) is 32.6 Å². The molecular formula is C26H30N6O2. The van der Waals surface area contributed by atoms with Crippen LogP contribution in [-0.2, 0) is 17.9 Å². The highest BCUT2D eigenvalue weighted by molar-refractivity contribution is 5.91. The molecule has 176 valence electrons. The average Bonchev–Trinajstić information content (AvgIpc) is 3.33. The van der Waals surface area contributed by atoms with E-state index < -0.39 is 0 Å². The predicted octanol–water partition coefficient (Wildman–Crippen LogP) is 4.39. The number of H-pyrrole nitrogens is 1. The SMILES string of the molecule is O=C(CCCCCNCc1ccc(-c2cc3c(NCc4ccccc4)ncnc3[nH]2)cc1)NO. The van der Waals surface area contributed by atoms with Gasteiger partial charge in [0.25, 0.3) is 0 Å². The molecule has 0 saturated heterocycles. The van der Waals surface area contributed by atoms with E-state index in [-0.39, 0.29) is 5.91 Å². The third-order valence-electron chi connectivity index (χ3n) is 5.70. The van der Waals surface area contributed by atoms with Crippen molar-refractivity contribution in [2.24, 2.45) is 0 Å². The standard InChI is InChI=1S/C26H30N6O2/c33-24(32-34)9-5-2-6-14-27-16-20-10-12-21(13-11-20)23-15-22-25(29-18-30-26(22)31-23)28-17-19-7-3-1-4-8-19/h1,3-4,7-8,10-13,15,18,27,34H,2,5-6,9,14,16-17H2,(H,32,33)(H2,28,29,30,31). The Balaban J connectivity index is 1.30. The fourth-order valence-electron chi connectivity index (χ4n) is 3.82. The lowest BCUT2D eigenvalue weighted by molar-refractivity contribution is -0.129. The van der Waals surface area contributed by atoms with E-state index in [2.05, 4.69) is 68.1 Å². The van der Waals surface area contributed by atoms with Crippen LogP contribution < -0.4 is 16.1 Å². The van der Waals surface area contributed by atoms with Gasteiger partial charge in [-0.1, -0.05) is 61.0 Å². The Morgan fingerprint density at radius 3 is 2.50 bits per heavy atom. The third kappa shape index (κ3) is 6.40. The number of hydrogen-bond donors (Lipinski definition) is 5. The second-order valence-corrected chi connectivity index (χ2v) is 8.23. The van der Waals surface area contributed by atoms with Crippen LogP contribution in [0, 0.1) is 0 Å². The van der Waals surface area contributed by atoms with Crippen LogP contribution >= 0.6 is 0 Å². The number of carbonyl (C=O) groups is 1. The van der Waals surface area contributed by atoms with E-state index in [0.29, 0.717) is 13.0 Å². The molecule has 0 aliphatic heterocycles. The predicted molar refractivity (Wildman–Crippen MR) is 133 cm³/mol. The van der Waals surface area contributed by atoms with Crippen molar-refractivity contribution in [1.29, 1.82) is 0 Å². The van der Waals surface area contributed by atoms with Crippen molar-refractivity contribution in [1.82, 2.24) is 25.7 Å². The molecule has 8 heteroatoms. The van der Waals surface area contributed by atoms with E-state index in [0.717, 1.165) is 60.5 Å². The Morgan fingerprint density at radius 1 is 0.912 bits per heavy atom. The second-order valence-electron chi connectivity index (χ2n) is 8.23. The molecule has 0 atom stereocenters. The summed E-state index contributed by atoms with van der Waals surface area (Å²) in [7, 11) is 0. The molecule has 0 fully saturated rings. The molecule has 4 rings (SSSR count). The fraction of sp³-hybridized carbons (Fsp3) is 0.269. The number of benzene rings is 2. The number of nitrogens with one attached hydrogen (secondary N) is 4. The summed E-state index contributed by atoms with van der Waals surface area (Å²) in [5.74, 6) is 0.490. The van der Waals surface area contributed by atoms with Gasteiger partial charge in [0, 0.05) is 25.2 Å². The van der Waals surface area contributed by atoms with Gasteiger partial charge >= 0.3 is 0 Å². The smallest absolute Gasteiger partial charge is 0.243 e. The minimum Gasteiger partial charge on any atom is -0.365 e. The second kappa shape index (κ2) is 11.9. The highest BCUT2D eigenvalue weighted by Gasteiger charge is 2.09. The van der Waals surface area contributed by atoms with Crippen molar-refractivity contribution in [2.45, 2.75) is 38.8 Å². The van der Waals surface area contributed by atoms with Crippen molar-refractivity contribution in [3.8, 4) is 11.3 Å². The summed E-state index contributed by atoms with van der Waals surface area (Å²) in [6.07, 6.45) is 4.66. The number of carbonyl (C=O) groups excluding carboxylic acids is 1. The summed E-state index contributed by atoms with van der Waals surface area (Å²) in [6, 6.07) is 20.8. The molecule has 0 aliphatic carbocycles. The van der Waals surface area contributed by atoms with Crippen LogP contribution in [0.2, 0.25) is 0 Å². The van der Waals surface area contributed by atoms with E-state index in [1.54, 1.807) is 11.8 Å². The Morgan fingerprint density at radius 2 is 1.71 bits per heavy atom. The zero-order valence-electron chi connectivity index (χ0n) is 19.1. The molecule has 1 amide bonds. The molecule has 0 unspecified atom stereocenters. The zero-order chi connectivity index (χ0) is 23.6. The van der Waals surface area contributed by atoms with Gasteiger partial charge < -0.3 is 15.6 Å². The van der Waals surface area contributed by atoms with Gasteiger partial charge in [-0.25, -0.2) is 15.4 Å². The maximum atomic E-state index is 11.0. The van der Waals surface area contributed by atoms with Crippen LogP contribution in [0.25, 0.3) is 22.3 Å². The number of aromatic amines is 1. The van der Waals surface area contributed by atoms with Gasteiger partial charge in [-0.3, -0.25) is 10.0 Å². The average molecular weight is 459 g/mol. The Hall–Kier alpha value is -3.75. The summed E-state index contributed by atoms with van der Waals surface area (Å²) in [5, 5.41) is 16.3. The first-order valence-electron chi connectivity index (χ1n) is 11.6. The van der Waals surface area contributed by atoms with E-state index >= 15 is 0 Å². The van der Waals surface area contributed by atoms with Gasteiger partial charge in [-0.15, -0.1) is 0 Å². The quantitative estimate of drug-likeness (QED) is 0.122. The number of anilines is 1. The number of hydrogen-bond acceptors (Lipinski definition) is 6. The van der Waals surface area contributed by atoms with E-state index in [1.807, 2.05) is 18.2 Å². The number of rotatable bonds is 12. The first-order chi connectivity index (χ1) is 16.7. The highest BCUT2D eigenvalue weighted by atomic mass is 16.5. The van der Waals surface area contributed by atoms with E-state index in [4.69, 9.17) is 5.21 Å². The first kappa shape index (κ1) is 23.4. The Labute approximate surface area is 198 Å². The third-order valence-corrected chi connectivity index (χ3v) is 5.70.